The van der Waals surface area contributed by atoms with E-state index in [2.05, 4.69) is 15.9 Å². The Bertz CT molecular complexity index is 551. The minimum absolute atomic E-state index is 0.156. The molecule has 2 rings (SSSR count). The van der Waals surface area contributed by atoms with E-state index in [-0.39, 0.29) is 5.91 Å². The molecule has 2 N–H and O–H groups in total. The SMILES string of the molecule is CN(C(=O)c1ccoc1Br)c1cccc(N)c1. The van der Waals surface area contributed by atoms with E-state index in [0.29, 0.717) is 15.9 Å². The summed E-state index contributed by atoms with van der Waals surface area (Å²) in [7, 11) is 1.69. The number of carbonyl (C=O) groups excluding carboxylic acids is 1. The Morgan fingerprint density at radius 2 is 2.18 bits per heavy atom. The third-order valence-electron chi connectivity index (χ3n) is 2.41. The number of nitrogens with zero attached hydrogens (tertiary/aromatic N) is 1. The van der Waals surface area contributed by atoms with Crippen LogP contribution in [0, 0.1) is 0 Å². The predicted octanol–water partition coefficient (Wildman–Crippen LogP) is 2.90. The number of nitrogen functional groups attached to an aromatic ring is 1. The number of anilines is 2. The average Bonchev–Trinajstić information content (AvgIpc) is 2.73. The van der Waals surface area contributed by atoms with Gasteiger partial charge in [-0.15, -0.1) is 0 Å². The first kappa shape index (κ1) is 11.7. The first-order valence-electron chi connectivity index (χ1n) is 4.96. The van der Waals surface area contributed by atoms with Gasteiger partial charge in [-0.1, -0.05) is 6.07 Å². The van der Waals surface area contributed by atoms with Crippen molar-refractivity contribution in [3.63, 3.8) is 0 Å². The Morgan fingerprint density at radius 1 is 1.41 bits per heavy atom. The molecular weight excluding hydrogens is 284 g/mol. The number of furan rings is 1. The minimum Gasteiger partial charge on any atom is -0.457 e. The van der Waals surface area contributed by atoms with Gasteiger partial charge in [-0.25, -0.2) is 0 Å². The number of hydrogen-bond acceptors (Lipinski definition) is 3. The quantitative estimate of drug-likeness (QED) is 0.867. The molecule has 0 atom stereocenters. The van der Waals surface area contributed by atoms with Crippen LogP contribution in [0.1, 0.15) is 10.4 Å². The molecule has 0 spiro atoms. The number of halogens is 1. The molecular formula is C12H11BrN2O2. The summed E-state index contributed by atoms with van der Waals surface area (Å²) < 4.78 is 5.47. The van der Waals surface area contributed by atoms with Crippen molar-refractivity contribution in [3.05, 3.63) is 46.8 Å². The summed E-state index contributed by atoms with van der Waals surface area (Å²) in [6.45, 7) is 0. The molecule has 4 nitrogen and oxygen atoms in total. The van der Waals surface area contributed by atoms with Crippen LogP contribution in [-0.2, 0) is 0 Å². The topological polar surface area (TPSA) is 59.5 Å². The Kier molecular flexibility index (Phi) is 3.19. The Morgan fingerprint density at radius 3 is 2.76 bits per heavy atom. The number of nitrogens with two attached hydrogens (primary N) is 1. The lowest BCUT2D eigenvalue weighted by atomic mass is 10.2. The number of carbonyl (C=O) groups is 1. The van der Waals surface area contributed by atoms with Crippen LogP contribution in [0.3, 0.4) is 0 Å². The molecule has 2 aromatic rings. The molecule has 1 amide bonds. The molecule has 0 bridgehead atoms. The van der Waals surface area contributed by atoms with Gasteiger partial charge in [0.25, 0.3) is 5.91 Å². The fourth-order valence-electron chi connectivity index (χ4n) is 1.48. The van der Waals surface area contributed by atoms with E-state index in [0.717, 1.165) is 5.69 Å². The molecule has 1 aromatic carbocycles. The van der Waals surface area contributed by atoms with Gasteiger partial charge in [0.2, 0.25) is 0 Å². The molecule has 0 fully saturated rings. The molecule has 0 saturated heterocycles. The molecule has 0 radical (unpaired) electrons. The Labute approximate surface area is 107 Å². The maximum Gasteiger partial charge on any atom is 0.262 e. The highest BCUT2D eigenvalue weighted by Crippen LogP contribution is 2.23. The normalized spacial score (nSPS) is 10.2. The second-order valence-corrected chi connectivity index (χ2v) is 4.29. The maximum atomic E-state index is 12.1. The summed E-state index contributed by atoms with van der Waals surface area (Å²) in [4.78, 5) is 13.7. The van der Waals surface area contributed by atoms with E-state index in [4.69, 9.17) is 10.2 Å². The van der Waals surface area contributed by atoms with E-state index in [1.54, 1.807) is 31.3 Å². The van der Waals surface area contributed by atoms with Gasteiger partial charge < -0.3 is 15.1 Å². The summed E-state index contributed by atoms with van der Waals surface area (Å²) in [5.41, 5.74) is 7.52. The average molecular weight is 295 g/mol. The van der Waals surface area contributed by atoms with Crippen molar-refractivity contribution in [2.75, 3.05) is 17.7 Å². The zero-order valence-corrected chi connectivity index (χ0v) is 10.8. The molecule has 17 heavy (non-hydrogen) atoms. The second kappa shape index (κ2) is 4.63. The highest BCUT2D eigenvalue weighted by molar-refractivity contribution is 9.10. The smallest absolute Gasteiger partial charge is 0.262 e. The Balaban J connectivity index is 2.30. The van der Waals surface area contributed by atoms with Crippen molar-refractivity contribution >= 4 is 33.2 Å². The van der Waals surface area contributed by atoms with E-state index >= 15 is 0 Å². The first-order chi connectivity index (χ1) is 8.09. The summed E-state index contributed by atoms with van der Waals surface area (Å²) in [6, 6.07) is 8.76. The van der Waals surface area contributed by atoms with E-state index in [1.807, 2.05) is 6.07 Å². The Hall–Kier alpha value is -1.75. The lowest BCUT2D eigenvalue weighted by molar-refractivity contribution is 0.0991. The number of benzene rings is 1. The minimum atomic E-state index is -0.156. The number of rotatable bonds is 2. The molecule has 0 aliphatic heterocycles. The molecule has 0 saturated carbocycles. The maximum absolute atomic E-state index is 12.1. The fourth-order valence-corrected chi connectivity index (χ4v) is 1.89. The molecule has 0 aliphatic carbocycles. The monoisotopic (exact) mass is 294 g/mol. The van der Waals surface area contributed by atoms with Crippen molar-refractivity contribution in [1.29, 1.82) is 0 Å². The van der Waals surface area contributed by atoms with Gasteiger partial charge in [-0.05, 0) is 40.2 Å². The standard InChI is InChI=1S/C12H11BrN2O2/c1-15(9-4-2-3-8(14)7-9)12(16)10-5-6-17-11(10)13/h2-7H,14H2,1H3. The highest BCUT2D eigenvalue weighted by Gasteiger charge is 2.18. The predicted molar refractivity (Wildman–Crippen MR) is 70.0 cm³/mol. The van der Waals surface area contributed by atoms with E-state index in [1.165, 1.54) is 11.2 Å². The van der Waals surface area contributed by atoms with Crippen molar-refractivity contribution in [2.24, 2.45) is 0 Å². The number of hydrogen-bond donors (Lipinski definition) is 1. The van der Waals surface area contributed by atoms with E-state index in [9.17, 15) is 4.79 Å². The van der Waals surface area contributed by atoms with Gasteiger partial charge in [0.1, 0.15) is 0 Å². The van der Waals surface area contributed by atoms with Crippen molar-refractivity contribution in [2.45, 2.75) is 0 Å². The zero-order chi connectivity index (χ0) is 12.4. The molecule has 1 aromatic heterocycles. The second-order valence-electron chi connectivity index (χ2n) is 3.57. The van der Waals surface area contributed by atoms with E-state index < -0.39 is 0 Å². The third-order valence-corrected chi connectivity index (χ3v) is 3.02. The number of amides is 1. The fraction of sp³-hybridized carbons (Fsp3) is 0.0833. The van der Waals surface area contributed by atoms with Crippen LogP contribution < -0.4 is 10.6 Å². The summed E-state index contributed by atoms with van der Waals surface area (Å²) in [6.07, 6.45) is 1.46. The van der Waals surface area contributed by atoms with Crippen LogP contribution >= 0.6 is 15.9 Å². The largest absolute Gasteiger partial charge is 0.457 e. The molecule has 5 heteroatoms. The van der Waals surface area contributed by atoms with Gasteiger partial charge in [-0.3, -0.25) is 4.79 Å². The van der Waals surface area contributed by atoms with Gasteiger partial charge in [0.05, 0.1) is 11.8 Å². The highest BCUT2D eigenvalue weighted by atomic mass is 79.9. The molecule has 0 unspecified atom stereocenters. The lowest BCUT2D eigenvalue weighted by Gasteiger charge is -2.16. The first-order valence-corrected chi connectivity index (χ1v) is 5.75. The molecule has 1 heterocycles. The van der Waals surface area contributed by atoms with Crippen molar-refractivity contribution in [3.8, 4) is 0 Å². The van der Waals surface area contributed by atoms with Gasteiger partial charge >= 0.3 is 0 Å². The summed E-state index contributed by atoms with van der Waals surface area (Å²) >= 11 is 3.18. The van der Waals surface area contributed by atoms with Crippen LogP contribution in [0.4, 0.5) is 11.4 Å². The van der Waals surface area contributed by atoms with Crippen molar-refractivity contribution in [1.82, 2.24) is 0 Å². The molecule has 88 valence electrons. The summed E-state index contributed by atoms with van der Waals surface area (Å²) in [5.74, 6) is -0.156. The van der Waals surface area contributed by atoms with Gasteiger partial charge in [0, 0.05) is 18.4 Å². The zero-order valence-electron chi connectivity index (χ0n) is 9.18. The van der Waals surface area contributed by atoms with Crippen molar-refractivity contribution < 1.29 is 9.21 Å². The van der Waals surface area contributed by atoms with Gasteiger partial charge in [0.15, 0.2) is 4.67 Å². The van der Waals surface area contributed by atoms with Gasteiger partial charge in [-0.2, -0.15) is 0 Å². The van der Waals surface area contributed by atoms with Crippen LogP contribution in [-0.4, -0.2) is 13.0 Å². The lowest BCUT2D eigenvalue weighted by Crippen LogP contribution is -2.26. The van der Waals surface area contributed by atoms with Crippen LogP contribution in [0.2, 0.25) is 0 Å². The van der Waals surface area contributed by atoms with Crippen LogP contribution in [0.25, 0.3) is 0 Å². The third kappa shape index (κ3) is 2.34. The van der Waals surface area contributed by atoms with Crippen LogP contribution in [0.15, 0.2) is 45.7 Å². The summed E-state index contributed by atoms with van der Waals surface area (Å²) in [5, 5.41) is 0. The van der Waals surface area contributed by atoms with Crippen LogP contribution in [0.5, 0.6) is 0 Å². The molecule has 0 aliphatic rings.